The van der Waals surface area contributed by atoms with E-state index in [2.05, 4.69) is 10.1 Å². The van der Waals surface area contributed by atoms with Crippen LogP contribution in [0, 0.1) is 0 Å². The number of halogens is 3. The fourth-order valence-electron chi connectivity index (χ4n) is 2.31. The molecule has 1 aromatic carbocycles. The Morgan fingerprint density at radius 1 is 1.24 bits per heavy atom. The van der Waals surface area contributed by atoms with Crippen molar-refractivity contribution in [2.75, 3.05) is 38.1 Å². The van der Waals surface area contributed by atoms with Gasteiger partial charge in [-0.15, -0.1) is 0 Å². The van der Waals surface area contributed by atoms with Gasteiger partial charge in [0, 0.05) is 37.4 Å². The molecule has 0 unspecified atom stereocenters. The number of rotatable bonds is 2. The number of nitrogens with two attached hydrogens (primary N) is 1. The molecule has 1 saturated heterocycles. The molecule has 0 spiro atoms. The van der Waals surface area contributed by atoms with E-state index in [0.29, 0.717) is 18.8 Å². The molecule has 116 valence electrons. The maximum absolute atomic E-state index is 13.1. The molecule has 0 amide bonds. The third kappa shape index (κ3) is 3.38. The van der Waals surface area contributed by atoms with Crippen molar-refractivity contribution < 1.29 is 18.4 Å². The van der Waals surface area contributed by atoms with E-state index in [9.17, 15) is 13.2 Å². The minimum atomic E-state index is -4.56. The molecule has 3 N–H and O–H groups in total. The van der Waals surface area contributed by atoms with E-state index >= 15 is 0 Å². The first kappa shape index (κ1) is 15.4. The molecule has 0 bridgehead atoms. The Hall–Kier alpha value is -1.96. The number of benzene rings is 1. The fraction of sp³-hybridized carbons (Fsp3) is 0.462. The van der Waals surface area contributed by atoms with Crippen molar-refractivity contribution in [3.8, 4) is 0 Å². The van der Waals surface area contributed by atoms with E-state index in [1.807, 2.05) is 11.9 Å². The molecule has 8 heteroatoms. The highest BCUT2D eigenvalue weighted by molar-refractivity contribution is 5.99. The van der Waals surface area contributed by atoms with Crippen molar-refractivity contribution in [2.45, 2.75) is 6.18 Å². The second kappa shape index (κ2) is 5.80. The van der Waals surface area contributed by atoms with Gasteiger partial charge in [-0.05, 0) is 25.2 Å². The standard InChI is InChI=1S/C13H17F3N4O/c1-19-4-6-20(7-5-19)9-2-3-10(12(17)18-21)11(8-9)13(14,15)16/h2-3,8,21H,4-7H2,1H3,(H2,17,18). The zero-order valence-corrected chi connectivity index (χ0v) is 11.6. The number of nitrogens with zero attached hydrogens (tertiary/aromatic N) is 3. The maximum atomic E-state index is 13.1. The van der Waals surface area contributed by atoms with Crippen molar-refractivity contribution in [1.82, 2.24) is 4.90 Å². The average molecular weight is 302 g/mol. The molecule has 1 aromatic rings. The first-order valence-corrected chi connectivity index (χ1v) is 6.45. The Bertz CT molecular complexity index is 537. The van der Waals surface area contributed by atoms with Crippen molar-refractivity contribution in [2.24, 2.45) is 10.9 Å². The summed E-state index contributed by atoms with van der Waals surface area (Å²) in [6.07, 6.45) is -4.56. The minimum Gasteiger partial charge on any atom is -0.409 e. The molecule has 2 rings (SSSR count). The van der Waals surface area contributed by atoms with Crippen molar-refractivity contribution in [3.05, 3.63) is 29.3 Å². The smallest absolute Gasteiger partial charge is 0.409 e. The van der Waals surface area contributed by atoms with Crippen LogP contribution in [0.15, 0.2) is 23.4 Å². The van der Waals surface area contributed by atoms with Gasteiger partial charge in [-0.3, -0.25) is 0 Å². The van der Waals surface area contributed by atoms with Crippen molar-refractivity contribution >= 4 is 11.5 Å². The molecule has 0 radical (unpaired) electrons. The molecule has 0 saturated carbocycles. The summed E-state index contributed by atoms with van der Waals surface area (Å²) >= 11 is 0. The predicted octanol–water partition coefficient (Wildman–Crippen LogP) is 1.55. The summed E-state index contributed by atoms with van der Waals surface area (Å²) in [5, 5.41) is 11.3. The maximum Gasteiger partial charge on any atom is 0.417 e. The van der Waals surface area contributed by atoms with Crippen LogP contribution >= 0.6 is 0 Å². The van der Waals surface area contributed by atoms with Gasteiger partial charge in [-0.1, -0.05) is 5.16 Å². The van der Waals surface area contributed by atoms with Crippen LogP contribution in [0.3, 0.4) is 0 Å². The minimum absolute atomic E-state index is 0.317. The SMILES string of the molecule is CN1CCN(c2ccc(/C(N)=N/O)c(C(F)(F)F)c2)CC1. The van der Waals surface area contributed by atoms with Crippen molar-refractivity contribution in [3.63, 3.8) is 0 Å². The molecule has 5 nitrogen and oxygen atoms in total. The van der Waals surface area contributed by atoms with Crippen LogP contribution in [0.5, 0.6) is 0 Å². The van der Waals surface area contributed by atoms with Crippen LogP contribution in [-0.2, 0) is 6.18 Å². The zero-order valence-electron chi connectivity index (χ0n) is 11.6. The number of amidine groups is 1. The first-order chi connectivity index (χ1) is 9.82. The summed E-state index contributed by atoms with van der Waals surface area (Å²) in [5.74, 6) is -0.549. The number of hydrogen-bond acceptors (Lipinski definition) is 4. The van der Waals surface area contributed by atoms with E-state index in [1.165, 1.54) is 6.07 Å². The Kier molecular flexibility index (Phi) is 4.26. The zero-order chi connectivity index (χ0) is 15.6. The summed E-state index contributed by atoms with van der Waals surface area (Å²) < 4.78 is 39.4. The number of oxime groups is 1. The molecular formula is C13H17F3N4O. The van der Waals surface area contributed by atoms with Gasteiger partial charge in [-0.25, -0.2) is 0 Å². The van der Waals surface area contributed by atoms with Gasteiger partial charge in [-0.2, -0.15) is 13.2 Å². The fourth-order valence-corrected chi connectivity index (χ4v) is 2.31. The van der Waals surface area contributed by atoms with Crippen LogP contribution in [0.25, 0.3) is 0 Å². The van der Waals surface area contributed by atoms with Gasteiger partial charge < -0.3 is 20.7 Å². The lowest BCUT2D eigenvalue weighted by atomic mass is 10.0. The lowest BCUT2D eigenvalue weighted by Crippen LogP contribution is -2.44. The monoisotopic (exact) mass is 302 g/mol. The molecule has 0 aromatic heterocycles. The molecule has 0 atom stereocenters. The third-order valence-electron chi connectivity index (χ3n) is 3.56. The van der Waals surface area contributed by atoms with Gasteiger partial charge in [0.15, 0.2) is 5.84 Å². The number of anilines is 1. The Balaban J connectivity index is 2.38. The molecule has 1 aliphatic heterocycles. The summed E-state index contributed by atoms with van der Waals surface area (Å²) in [6, 6.07) is 3.86. The van der Waals surface area contributed by atoms with Crippen LogP contribution in [-0.4, -0.2) is 49.2 Å². The molecule has 1 heterocycles. The van der Waals surface area contributed by atoms with E-state index in [4.69, 9.17) is 10.9 Å². The van der Waals surface area contributed by atoms with Crippen LogP contribution in [0.1, 0.15) is 11.1 Å². The van der Waals surface area contributed by atoms with Crippen LogP contribution in [0.4, 0.5) is 18.9 Å². The van der Waals surface area contributed by atoms with E-state index in [-0.39, 0.29) is 5.56 Å². The van der Waals surface area contributed by atoms with Crippen molar-refractivity contribution in [1.29, 1.82) is 0 Å². The summed E-state index contributed by atoms with van der Waals surface area (Å²) in [5.41, 5.74) is 4.60. The quantitative estimate of drug-likeness (QED) is 0.376. The molecule has 21 heavy (non-hydrogen) atoms. The first-order valence-electron chi connectivity index (χ1n) is 6.45. The number of hydrogen-bond donors (Lipinski definition) is 2. The lowest BCUT2D eigenvalue weighted by molar-refractivity contribution is -0.137. The van der Waals surface area contributed by atoms with Gasteiger partial charge >= 0.3 is 6.18 Å². The van der Waals surface area contributed by atoms with E-state index in [0.717, 1.165) is 19.2 Å². The summed E-state index contributed by atoms with van der Waals surface area (Å²) in [6.45, 7) is 2.92. The van der Waals surface area contributed by atoms with Gasteiger partial charge in [0.05, 0.1) is 5.56 Å². The van der Waals surface area contributed by atoms with Gasteiger partial charge in [0.1, 0.15) is 0 Å². The molecular weight excluding hydrogens is 285 g/mol. The predicted molar refractivity (Wildman–Crippen MR) is 73.7 cm³/mol. The van der Waals surface area contributed by atoms with Gasteiger partial charge in [0.25, 0.3) is 0 Å². The van der Waals surface area contributed by atoms with Crippen LogP contribution in [0.2, 0.25) is 0 Å². The topological polar surface area (TPSA) is 65.1 Å². The Morgan fingerprint density at radius 3 is 2.38 bits per heavy atom. The molecule has 1 aliphatic rings. The third-order valence-corrected chi connectivity index (χ3v) is 3.56. The summed E-state index contributed by atoms with van der Waals surface area (Å²) in [7, 11) is 1.97. The lowest BCUT2D eigenvalue weighted by Gasteiger charge is -2.34. The molecule has 0 aliphatic carbocycles. The highest BCUT2D eigenvalue weighted by Crippen LogP contribution is 2.34. The Labute approximate surface area is 120 Å². The number of piperazine rings is 1. The second-order valence-corrected chi connectivity index (χ2v) is 5.00. The average Bonchev–Trinajstić information content (AvgIpc) is 2.46. The summed E-state index contributed by atoms with van der Waals surface area (Å²) in [4.78, 5) is 4.01. The normalized spacial score (nSPS) is 18.1. The highest BCUT2D eigenvalue weighted by atomic mass is 19.4. The second-order valence-electron chi connectivity index (χ2n) is 5.00. The van der Waals surface area contributed by atoms with Gasteiger partial charge in [0.2, 0.25) is 0 Å². The van der Waals surface area contributed by atoms with E-state index < -0.39 is 17.6 Å². The largest absolute Gasteiger partial charge is 0.417 e. The van der Waals surface area contributed by atoms with E-state index in [1.54, 1.807) is 6.07 Å². The molecule has 1 fully saturated rings. The Morgan fingerprint density at radius 2 is 1.86 bits per heavy atom. The van der Waals surface area contributed by atoms with Crippen LogP contribution < -0.4 is 10.6 Å². The number of alkyl halides is 3. The highest BCUT2D eigenvalue weighted by Gasteiger charge is 2.35. The number of likely N-dealkylation sites (N-methyl/N-ethyl adjacent to an activating group) is 1.